The molecule has 0 spiro atoms. The van der Waals surface area contributed by atoms with Gasteiger partial charge in [-0.15, -0.1) is 0 Å². The summed E-state index contributed by atoms with van der Waals surface area (Å²) in [6.45, 7) is 2.73. The molecule has 3 heteroatoms. The first kappa shape index (κ1) is 13.1. The molecule has 1 amide bonds. The van der Waals surface area contributed by atoms with E-state index in [9.17, 15) is 4.79 Å². The first-order valence-electron chi connectivity index (χ1n) is 5.96. The third-order valence-electron chi connectivity index (χ3n) is 2.87. The lowest BCUT2D eigenvalue weighted by atomic mass is 10.1. The highest BCUT2D eigenvalue weighted by molar-refractivity contribution is 9.09. The maximum absolute atomic E-state index is 12.2. The van der Waals surface area contributed by atoms with Gasteiger partial charge in [-0.2, -0.15) is 0 Å². The summed E-state index contributed by atoms with van der Waals surface area (Å²) < 4.78 is 0. The highest BCUT2D eigenvalue weighted by Gasteiger charge is 2.13. The monoisotopic (exact) mass is 305 g/mol. The van der Waals surface area contributed by atoms with Crippen molar-refractivity contribution in [1.82, 2.24) is 4.90 Å². The number of hydrogen-bond acceptors (Lipinski definition) is 1. The molecule has 2 aromatic rings. The Bertz CT molecular complexity index is 565. The van der Waals surface area contributed by atoms with E-state index in [1.807, 2.05) is 56.4 Å². The van der Waals surface area contributed by atoms with Gasteiger partial charge in [0, 0.05) is 24.0 Å². The molecule has 0 aromatic heterocycles. The molecule has 0 saturated carbocycles. The van der Waals surface area contributed by atoms with Crippen LogP contribution in [0.4, 0.5) is 0 Å². The van der Waals surface area contributed by atoms with Crippen molar-refractivity contribution in [1.29, 1.82) is 0 Å². The Morgan fingerprint density at radius 3 is 2.56 bits per heavy atom. The van der Waals surface area contributed by atoms with E-state index in [4.69, 9.17) is 0 Å². The zero-order chi connectivity index (χ0) is 13.1. The number of alkyl halides is 1. The van der Waals surface area contributed by atoms with Crippen LogP contribution in [0.15, 0.2) is 42.5 Å². The normalized spacial score (nSPS) is 12.4. The van der Waals surface area contributed by atoms with Crippen molar-refractivity contribution in [3.8, 4) is 0 Å². The summed E-state index contributed by atoms with van der Waals surface area (Å²) in [5.74, 6) is 0.0621. The fourth-order valence-corrected chi connectivity index (χ4v) is 2.44. The van der Waals surface area contributed by atoms with Crippen molar-refractivity contribution in [2.45, 2.75) is 11.8 Å². The summed E-state index contributed by atoms with van der Waals surface area (Å²) >= 11 is 3.46. The van der Waals surface area contributed by atoms with Crippen LogP contribution in [0, 0.1) is 0 Å². The van der Waals surface area contributed by atoms with Crippen LogP contribution in [0.3, 0.4) is 0 Å². The van der Waals surface area contributed by atoms with Gasteiger partial charge < -0.3 is 4.90 Å². The molecule has 0 aliphatic heterocycles. The van der Waals surface area contributed by atoms with E-state index in [0.717, 1.165) is 16.3 Å². The summed E-state index contributed by atoms with van der Waals surface area (Å²) in [6, 6.07) is 13.9. The fourth-order valence-electron chi connectivity index (χ4n) is 2.00. The number of fused-ring (bicyclic) bond motifs is 1. The molecule has 0 aliphatic rings. The molecule has 2 rings (SSSR count). The lowest BCUT2D eigenvalue weighted by Gasteiger charge is -2.18. The van der Waals surface area contributed by atoms with Crippen LogP contribution in [0.5, 0.6) is 0 Å². The Hall–Kier alpha value is -1.35. The lowest BCUT2D eigenvalue weighted by Crippen LogP contribution is -2.31. The Labute approximate surface area is 116 Å². The lowest BCUT2D eigenvalue weighted by molar-refractivity contribution is 0.0797. The first-order chi connectivity index (χ1) is 8.58. The van der Waals surface area contributed by atoms with Crippen LogP contribution in [0.25, 0.3) is 10.8 Å². The van der Waals surface area contributed by atoms with Gasteiger partial charge in [-0.05, 0) is 22.9 Å². The van der Waals surface area contributed by atoms with E-state index in [0.29, 0.717) is 11.4 Å². The van der Waals surface area contributed by atoms with Gasteiger partial charge in [0.1, 0.15) is 0 Å². The second-order valence-electron chi connectivity index (χ2n) is 4.53. The number of hydrogen-bond donors (Lipinski definition) is 0. The third kappa shape index (κ3) is 2.91. The minimum absolute atomic E-state index is 0.0621. The molecule has 94 valence electrons. The van der Waals surface area contributed by atoms with Crippen LogP contribution in [-0.4, -0.2) is 29.2 Å². The average molecular weight is 306 g/mol. The highest BCUT2D eigenvalue weighted by Crippen LogP contribution is 2.17. The predicted octanol–water partition coefficient (Wildman–Crippen LogP) is 3.70. The second kappa shape index (κ2) is 5.53. The summed E-state index contributed by atoms with van der Waals surface area (Å²) in [6.07, 6.45) is 0. The SMILES string of the molecule is CC(Br)CN(C)C(=O)c1ccc2ccccc2c1. The molecule has 0 heterocycles. The minimum atomic E-state index is 0.0621. The largest absolute Gasteiger partial charge is 0.341 e. The van der Waals surface area contributed by atoms with E-state index >= 15 is 0 Å². The summed E-state index contributed by atoms with van der Waals surface area (Å²) in [5.41, 5.74) is 0.740. The molecule has 0 N–H and O–H groups in total. The van der Waals surface area contributed by atoms with E-state index < -0.39 is 0 Å². The van der Waals surface area contributed by atoms with Crippen LogP contribution in [0.1, 0.15) is 17.3 Å². The van der Waals surface area contributed by atoms with E-state index in [-0.39, 0.29) is 5.91 Å². The molecule has 1 atom stereocenters. The van der Waals surface area contributed by atoms with Gasteiger partial charge in [0.2, 0.25) is 0 Å². The Morgan fingerprint density at radius 2 is 1.89 bits per heavy atom. The molecule has 0 fully saturated rings. The van der Waals surface area contributed by atoms with Crippen molar-refractivity contribution >= 4 is 32.6 Å². The average Bonchev–Trinajstić information content (AvgIpc) is 2.36. The van der Waals surface area contributed by atoms with Crippen molar-refractivity contribution in [2.24, 2.45) is 0 Å². The maximum atomic E-state index is 12.2. The van der Waals surface area contributed by atoms with Crippen molar-refractivity contribution < 1.29 is 4.79 Å². The molecule has 0 bridgehead atoms. The standard InChI is InChI=1S/C15H16BrNO/c1-11(16)10-17(2)15(18)14-8-7-12-5-3-4-6-13(12)9-14/h3-9,11H,10H2,1-2H3. The molecule has 0 aliphatic carbocycles. The summed E-state index contributed by atoms with van der Waals surface area (Å²) in [5, 5.41) is 2.26. The van der Waals surface area contributed by atoms with Crippen molar-refractivity contribution in [3.63, 3.8) is 0 Å². The number of nitrogens with zero attached hydrogens (tertiary/aromatic N) is 1. The Kier molecular flexibility index (Phi) is 4.02. The quantitative estimate of drug-likeness (QED) is 0.792. The number of rotatable bonds is 3. The Morgan fingerprint density at radius 1 is 1.22 bits per heavy atom. The van der Waals surface area contributed by atoms with Gasteiger partial charge in [-0.3, -0.25) is 4.79 Å². The number of amides is 1. The van der Waals surface area contributed by atoms with Gasteiger partial charge >= 0.3 is 0 Å². The fraction of sp³-hybridized carbons (Fsp3) is 0.267. The number of halogens is 1. The highest BCUT2D eigenvalue weighted by atomic mass is 79.9. The molecule has 2 nitrogen and oxygen atoms in total. The molecule has 18 heavy (non-hydrogen) atoms. The Balaban J connectivity index is 2.28. The van der Waals surface area contributed by atoms with E-state index in [1.54, 1.807) is 4.90 Å². The first-order valence-corrected chi connectivity index (χ1v) is 6.88. The molecular formula is C15H16BrNO. The zero-order valence-electron chi connectivity index (χ0n) is 10.6. The van der Waals surface area contributed by atoms with Crippen molar-refractivity contribution in [3.05, 3.63) is 48.0 Å². The zero-order valence-corrected chi connectivity index (χ0v) is 12.1. The third-order valence-corrected chi connectivity index (χ3v) is 3.16. The van der Waals surface area contributed by atoms with Gasteiger partial charge in [0.05, 0.1) is 0 Å². The summed E-state index contributed by atoms with van der Waals surface area (Å²) in [7, 11) is 1.83. The van der Waals surface area contributed by atoms with E-state index in [2.05, 4.69) is 15.9 Å². The van der Waals surface area contributed by atoms with Gasteiger partial charge in [0.25, 0.3) is 5.91 Å². The summed E-state index contributed by atoms with van der Waals surface area (Å²) in [4.78, 5) is 14.3. The van der Waals surface area contributed by atoms with Crippen LogP contribution in [0.2, 0.25) is 0 Å². The van der Waals surface area contributed by atoms with Gasteiger partial charge in [0.15, 0.2) is 0 Å². The number of carbonyl (C=O) groups excluding carboxylic acids is 1. The molecular weight excluding hydrogens is 290 g/mol. The van der Waals surface area contributed by atoms with Gasteiger partial charge in [-0.1, -0.05) is 53.2 Å². The molecule has 0 saturated heterocycles. The molecule has 1 unspecified atom stereocenters. The molecule has 2 aromatic carbocycles. The smallest absolute Gasteiger partial charge is 0.253 e. The number of carbonyl (C=O) groups is 1. The van der Waals surface area contributed by atoms with Crippen LogP contribution >= 0.6 is 15.9 Å². The predicted molar refractivity (Wildman–Crippen MR) is 79.3 cm³/mol. The van der Waals surface area contributed by atoms with Gasteiger partial charge in [-0.25, -0.2) is 0 Å². The second-order valence-corrected chi connectivity index (χ2v) is 6.09. The van der Waals surface area contributed by atoms with E-state index in [1.165, 1.54) is 0 Å². The topological polar surface area (TPSA) is 20.3 Å². The molecule has 0 radical (unpaired) electrons. The number of benzene rings is 2. The maximum Gasteiger partial charge on any atom is 0.253 e. The minimum Gasteiger partial charge on any atom is -0.341 e. The van der Waals surface area contributed by atoms with Crippen LogP contribution < -0.4 is 0 Å². The van der Waals surface area contributed by atoms with Crippen LogP contribution in [-0.2, 0) is 0 Å². The van der Waals surface area contributed by atoms with Crippen molar-refractivity contribution in [2.75, 3.05) is 13.6 Å².